The van der Waals surface area contributed by atoms with Crippen molar-refractivity contribution in [2.24, 2.45) is 5.92 Å². The third kappa shape index (κ3) is 6.40. The molecule has 3 aromatic carbocycles. The van der Waals surface area contributed by atoms with E-state index in [9.17, 15) is 9.59 Å². The van der Waals surface area contributed by atoms with Gasteiger partial charge in [0, 0.05) is 18.7 Å². The molecule has 0 bridgehead atoms. The summed E-state index contributed by atoms with van der Waals surface area (Å²) in [6.45, 7) is 10.9. The highest BCUT2D eigenvalue weighted by atomic mass is 16.5. The van der Waals surface area contributed by atoms with Crippen LogP contribution in [0.3, 0.4) is 0 Å². The summed E-state index contributed by atoms with van der Waals surface area (Å²) in [6.07, 6.45) is 1.23. The standard InChI is InChI=1S/C32H38N2O3/c1-6-29(32(36)33-26-14-9-23(5)10-15-26)37-27-16-13-24-17-18-34(30(35)19-21(2)3)31(28(24)20-27)25-11-7-22(4)8-12-25/h7-16,20-21,29,31H,6,17-19H2,1-5H3,(H,33,36)/t29-,31+/m1/s1. The lowest BCUT2D eigenvalue weighted by atomic mass is 9.87. The number of carbonyl (C=O) groups is 2. The first-order chi connectivity index (χ1) is 17.7. The maximum Gasteiger partial charge on any atom is 0.265 e. The highest BCUT2D eigenvalue weighted by Gasteiger charge is 2.33. The summed E-state index contributed by atoms with van der Waals surface area (Å²) < 4.78 is 6.24. The molecule has 3 aromatic rings. The Bertz CT molecular complexity index is 1230. The third-order valence-electron chi connectivity index (χ3n) is 6.90. The SMILES string of the molecule is CC[C@@H](Oc1ccc2c(c1)[C@H](c1ccc(C)cc1)N(C(=O)CC(C)C)CC2)C(=O)Nc1ccc(C)cc1. The molecule has 1 aliphatic heterocycles. The van der Waals surface area contributed by atoms with E-state index >= 15 is 0 Å². The van der Waals surface area contributed by atoms with Gasteiger partial charge in [0.1, 0.15) is 5.75 Å². The molecule has 37 heavy (non-hydrogen) atoms. The average molecular weight is 499 g/mol. The summed E-state index contributed by atoms with van der Waals surface area (Å²) in [5.74, 6) is 0.925. The summed E-state index contributed by atoms with van der Waals surface area (Å²) in [4.78, 5) is 28.3. The number of carbonyl (C=O) groups excluding carboxylic acids is 2. The average Bonchev–Trinajstić information content (AvgIpc) is 2.88. The Hall–Kier alpha value is -3.60. The zero-order valence-electron chi connectivity index (χ0n) is 22.6. The number of fused-ring (bicyclic) bond motifs is 1. The van der Waals surface area contributed by atoms with Gasteiger partial charge in [-0.15, -0.1) is 0 Å². The fourth-order valence-corrected chi connectivity index (χ4v) is 4.86. The molecule has 0 spiro atoms. The number of ether oxygens (including phenoxy) is 1. The van der Waals surface area contributed by atoms with Crippen molar-refractivity contribution < 1.29 is 14.3 Å². The maximum atomic E-state index is 13.3. The minimum atomic E-state index is -0.626. The van der Waals surface area contributed by atoms with Gasteiger partial charge in [-0.3, -0.25) is 9.59 Å². The van der Waals surface area contributed by atoms with Crippen LogP contribution in [-0.4, -0.2) is 29.4 Å². The van der Waals surface area contributed by atoms with Crippen LogP contribution in [0.1, 0.15) is 67.5 Å². The molecule has 0 fully saturated rings. The molecule has 5 nitrogen and oxygen atoms in total. The summed E-state index contributed by atoms with van der Waals surface area (Å²) in [5.41, 5.74) is 6.44. The van der Waals surface area contributed by atoms with E-state index in [0.29, 0.717) is 31.1 Å². The van der Waals surface area contributed by atoms with E-state index < -0.39 is 6.10 Å². The Morgan fingerprint density at radius 1 is 0.973 bits per heavy atom. The van der Waals surface area contributed by atoms with Crippen molar-refractivity contribution >= 4 is 17.5 Å². The molecule has 0 radical (unpaired) electrons. The lowest BCUT2D eigenvalue weighted by molar-refractivity contribution is -0.134. The van der Waals surface area contributed by atoms with E-state index in [1.165, 1.54) is 11.1 Å². The van der Waals surface area contributed by atoms with Crippen LogP contribution in [0.4, 0.5) is 5.69 Å². The summed E-state index contributed by atoms with van der Waals surface area (Å²) in [6, 6.07) is 22.0. The van der Waals surface area contributed by atoms with Crippen molar-refractivity contribution in [3.05, 3.63) is 94.5 Å². The summed E-state index contributed by atoms with van der Waals surface area (Å²) in [7, 11) is 0. The normalized spacial score (nSPS) is 15.7. The second-order valence-electron chi connectivity index (χ2n) is 10.5. The molecule has 2 amide bonds. The molecule has 0 unspecified atom stereocenters. The molecule has 5 heteroatoms. The second kappa shape index (κ2) is 11.6. The highest BCUT2D eigenvalue weighted by molar-refractivity contribution is 5.94. The fraction of sp³-hybridized carbons (Fsp3) is 0.375. The molecule has 0 saturated heterocycles. The van der Waals surface area contributed by atoms with Gasteiger partial charge in [0.25, 0.3) is 5.91 Å². The first-order valence-electron chi connectivity index (χ1n) is 13.3. The molecule has 194 valence electrons. The first-order valence-corrected chi connectivity index (χ1v) is 13.3. The molecule has 0 aliphatic carbocycles. The molecule has 1 N–H and O–H groups in total. The lowest BCUT2D eigenvalue weighted by Crippen LogP contribution is -2.41. The van der Waals surface area contributed by atoms with Crippen molar-refractivity contribution in [3.63, 3.8) is 0 Å². The predicted octanol–water partition coefficient (Wildman–Crippen LogP) is 6.62. The van der Waals surface area contributed by atoms with Crippen molar-refractivity contribution in [1.29, 1.82) is 0 Å². The van der Waals surface area contributed by atoms with Gasteiger partial charge >= 0.3 is 0 Å². The molecule has 0 saturated carbocycles. The Balaban J connectivity index is 1.62. The van der Waals surface area contributed by atoms with Gasteiger partial charge in [-0.2, -0.15) is 0 Å². The number of benzene rings is 3. The third-order valence-corrected chi connectivity index (χ3v) is 6.90. The van der Waals surface area contributed by atoms with Crippen molar-refractivity contribution in [1.82, 2.24) is 4.90 Å². The maximum absolute atomic E-state index is 13.3. The van der Waals surface area contributed by atoms with E-state index in [1.54, 1.807) is 0 Å². The smallest absolute Gasteiger partial charge is 0.265 e. The Morgan fingerprint density at radius 2 is 1.62 bits per heavy atom. The minimum Gasteiger partial charge on any atom is -0.481 e. The van der Waals surface area contributed by atoms with Crippen molar-refractivity contribution in [3.8, 4) is 5.75 Å². The van der Waals surface area contributed by atoms with Gasteiger partial charge in [0.2, 0.25) is 5.91 Å². The first kappa shape index (κ1) is 26.5. The fourth-order valence-electron chi connectivity index (χ4n) is 4.86. The van der Waals surface area contributed by atoms with E-state index in [-0.39, 0.29) is 17.9 Å². The molecule has 0 aromatic heterocycles. The van der Waals surface area contributed by atoms with E-state index in [0.717, 1.165) is 28.8 Å². The molecular weight excluding hydrogens is 460 g/mol. The summed E-state index contributed by atoms with van der Waals surface area (Å²) >= 11 is 0. The largest absolute Gasteiger partial charge is 0.481 e. The topological polar surface area (TPSA) is 58.6 Å². The van der Waals surface area contributed by atoms with Crippen LogP contribution in [0, 0.1) is 19.8 Å². The molecule has 1 aliphatic rings. The van der Waals surface area contributed by atoms with Crippen LogP contribution in [0.25, 0.3) is 0 Å². The molecule has 2 atom stereocenters. The number of anilines is 1. The minimum absolute atomic E-state index is 0.168. The monoisotopic (exact) mass is 498 g/mol. The highest BCUT2D eigenvalue weighted by Crippen LogP contribution is 2.38. The molecular formula is C32H38N2O3. The van der Waals surface area contributed by atoms with Gasteiger partial charge in [0.15, 0.2) is 6.10 Å². The number of hydrogen-bond donors (Lipinski definition) is 1. The van der Waals surface area contributed by atoms with Crippen molar-refractivity contribution in [2.45, 2.75) is 66.0 Å². The van der Waals surface area contributed by atoms with Crippen LogP contribution in [0.15, 0.2) is 66.7 Å². The lowest BCUT2D eigenvalue weighted by Gasteiger charge is -2.38. The number of amides is 2. The van der Waals surface area contributed by atoms with E-state index in [1.807, 2.05) is 55.1 Å². The molecule has 4 rings (SSSR count). The van der Waals surface area contributed by atoms with Crippen molar-refractivity contribution in [2.75, 3.05) is 11.9 Å². The zero-order chi connectivity index (χ0) is 26.5. The summed E-state index contributed by atoms with van der Waals surface area (Å²) in [5, 5.41) is 2.97. The van der Waals surface area contributed by atoms with Gasteiger partial charge in [-0.25, -0.2) is 0 Å². The number of rotatable bonds is 8. The van der Waals surface area contributed by atoms with Crippen LogP contribution in [-0.2, 0) is 16.0 Å². The zero-order valence-corrected chi connectivity index (χ0v) is 22.6. The van der Waals surface area contributed by atoms with Gasteiger partial charge < -0.3 is 15.0 Å². The second-order valence-corrected chi connectivity index (χ2v) is 10.5. The Kier molecular flexibility index (Phi) is 8.32. The predicted molar refractivity (Wildman–Crippen MR) is 149 cm³/mol. The van der Waals surface area contributed by atoms with Crippen LogP contribution in [0.5, 0.6) is 5.75 Å². The quantitative estimate of drug-likeness (QED) is 0.380. The van der Waals surface area contributed by atoms with Gasteiger partial charge in [-0.05, 0) is 73.6 Å². The number of nitrogens with zero attached hydrogens (tertiary/aromatic N) is 1. The van der Waals surface area contributed by atoms with Crippen LogP contribution in [0.2, 0.25) is 0 Å². The van der Waals surface area contributed by atoms with E-state index in [2.05, 4.69) is 56.4 Å². The Morgan fingerprint density at radius 3 is 2.24 bits per heavy atom. The number of nitrogens with one attached hydrogen (secondary N) is 1. The molecule has 1 heterocycles. The van der Waals surface area contributed by atoms with Crippen LogP contribution >= 0.6 is 0 Å². The van der Waals surface area contributed by atoms with Gasteiger partial charge in [-0.1, -0.05) is 74.4 Å². The van der Waals surface area contributed by atoms with E-state index in [4.69, 9.17) is 4.74 Å². The van der Waals surface area contributed by atoms with Gasteiger partial charge in [0.05, 0.1) is 6.04 Å². The number of aryl methyl sites for hydroxylation is 2. The Labute approximate surface area is 220 Å². The number of hydrogen-bond acceptors (Lipinski definition) is 3. The van der Waals surface area contributed by atoms with Crippen LogP contribution < -0.4 is 10.1 Å².